The maximum atomic E-state index is 13.5. The van der Waals surface area contributed by atoms with E-state index in [-0.39, 0.29) is 37.7 Å². The predicted octanol–water partition coefficient (Wildman–Crippen LogP) is 5.41. The molecule has 9 nitrogen and oxygen atoms in total. The zero-order valence-corrected chi connectivity index (χ0v) is 22.3. The Morgan fingerprint density at radius 3 is 1.93 bits per heavy atom. The quantitative estimate of drug-likeness (QED) is 0.250. The van der Waals surface area contributed by atoms with Gasteiger partial charge in [-0.25, -0.2) is 9.59 Å². The predicted molar refractivity (Wildman–Crippen MR) is 131 cm³/mol. The van der Waals surface area contributed by atoms with Crippen molar-refractivity contribution in [3.8, 4) is 17.2 Å². The number of hydrogen-bond donors (Lipinski definition) is 1. The first-order chi connectivity index (χ1) is 19.6. The number of halogens is 7. The van der Waals surface area contributed by atoms with Crippen LogP contribution in [0.25, 0.3) is 0 Å². The van der Waals surface area contributed by atoms with E-state index in [0.717, 1.165) is 0 Å². The Morgan fingerprint density at radius 1 is 0.857 bits per heavy atom. The molecule has 0 aliphatic heterocycles. The molecule has 1 unspecified atom stereocenters. The Morgan fingerprint density at radius 2 is 1.40 bits per heavy atom. The van der Waals surface area contributed by atoms with E-state index in [0.29, 0.717) is 16.2 Å². The van der Waals surface area contributed by atoms with Crippen molar-refractivity contribution in [2.75, 3.05) is 40.0 Å². The van der Waals surface area contributed by atoms with Gasteiger partial charge in [-0.2, -0.15) is 30.7 Å². The lowest BCUT2D eigenvalue weighted by Gasteiger charge is -2.28. The highest BCUT2D eigenvalue weighted by molar-refractivity contribution is 5.72. The number of amides is 1. The highest BCUT2D eigenvalue weighted by atomic mass is 19.4. The number of hydrogen-bond acceptors (Lipinski definition) is 7. The molecule has 16 heteroatoms. The molecule has 2 aromatic carbocycles. The second-order valence-electron chi connectivity index (χ2n) is 8.45. The lowest BCUT2D eigenvalue weighted by atomic mass is 10.1. The van der Waals surface area contributed by atoms with Crippen molar-refractivity contribution in [1.82, 2.24) is 4.90 Å². The summed E-state index contributed by atoms with van der Waals surface area (Å²) in [4.78, 5) is 24.6. The molecular formula is C26H28F7NO8. The Labute approximate surface area is 235 Å². The highest BCUT2D eigenvalue weighted by Gasteiger charge is 2.74. The van der Waals surface area contributed by atoms with Gasteiger partial charge in [0.25, 0.3) is 0 Å². The molecule has 0 spiro atoms. The van der Waals surface area contributed by atoms with E-state index in [2.05, 4.69) is 4.74 Å². The molecule has 42 heavy (non-hydrogen) atoms. The van der Waals surface area contributed by atoms with Crippen LogP contribution < -0.4 is 14.2 Å². The van der Waals surface area contributed by atoms with Crippen LogP contribution in [0.3, 0.4) is 0 Å². The summed E-state index contributed by atoms with van der Waals surface area (Å²) in [7, 11) is 1.39. The molecule has 1 amide bonds. The first-order valence-electron chi connectivity index (χ1n) is 12.2. The summed E-state index contributed by atoms with van der Waals surface area (Å²) in [5, 5.41) is 9.20. The molecule has 1 atom stereocenters. The molecular weight excluding hydrogens is 587 g/mol. The summed E-state index contributed by atoms with van der Waals surface area (Å²) in [6.45, 7) is -1.10. The van der Waals surface area contributed by atoms with Gasteiger partial charge in [-0.15, -0.1) is 0 Å². The van der Waals surface area contributed by atoms with Crippen LogP contribution in [0.1, 0.15) is 12.5 Å². The maximum Gasteiger partial charge on any atom is 0.462 e. The van der Waals surface area contributed by atoms with Crippen molar-refractivity contribution in [3.05, 3.63) is 54.1 Å². The van der Waals surface area contributed by atoms with Crippen LogP contribution in [0.5, 0.6) is 17.2 Å². The number of benzene rings is 2. The Hall–Kier alpha value is -3.79. The van der Waals surface area contributed by atoms with E-state index in [9.17, 15) is 45.4 Å². The van der Waals surface area contributed by atoms with Gasteiger partial charge in [0.05, 0.1) is 20.3 Å². The molecule has 234 valence electrons. The molecule has 0 bridgehead atoms. The van der Waals surface area contributed by atoms with E-state index in [1.54, 1.807) is 19.1 Å². The Balaban J connectivity index is 2.05. The summed E-state index contributed by atoms with van der Waals surface area (Å²) >= 11 is 0. The third kappa shape index (κ3) is 9.65. The van der Waals surface area contributed by atoms with Crippen LogP contribution in [-0.2, 0) is 20.7 Å². The van der Waals surface area contributed by atoms with E-state index in [4.69, 9.17) is 18.9 Å². The molecule has 2 rings (SSSR count). The third-order valence-electron chi connectivity index (χ3n) is 5.51. The van der Waals surface area contributed by atoms with Crippen molar-refractivity contribution in [2.24, 2.45) is 0 Å². The fourth-order valence-electron chi connectivity index (χ4n) is 3.27. The normalized spacial score (nSPS) is 12.9. The van der Waals surface area contributed by atoms with Crippen LogP contribution in [0, 0.1) is 0 Å². The number of carbonyl (C=O) groups is 2. The summed E-state index contributed by atoms with van der Waals surface area (Å²) in [6.07, 6.45) is -14.6. The van der Waals surface area contributed by atoms with Crippen LogP contribution in [0.15, 0.2) is 48.5 Å². The van der Waals surface area contributed by atoms with Crippen LogP contribution >= 0.6 is 0 Å². The van der Waals surface area contributed by atoms with Gasteiger partial charge in [-0.05, 0) is 48.9 Å². The minimum atomic E-state index is -6.58. The van der Waals surface area contributed by atoms with Gasteiger partial charge in [0, 0.05) is 19.6 Å². The van der Waals surface area contributed by atoms with Gasteiger partial charge in [0.15, 0.2) is 6.10 Å². The molecule has 0 fully saturated rings. The average Bonchev–Trinajstić information content (AvgIpc) is 2.92. The van der Waals surface area contributed by atoms with Crippen LogP contribution in [0.2, 0.25) is 0 Å². The Kier molecular flexibility index (Phi) is 12.2. The molecule has 0 aliphatic carbocycles. The molecule has 0 aromatic heterocycles. The number of carboxylic acid groups (broad SMARTS) is 1. The minimum Gasteiger partial charge on any atom is -0.497 e. The largest absolute Gasteiger partial charge is 0.497 e. The molecule has 0 saturated carbocycles. The van der Waals surface area contributed by atoms with Gasteiger partial charge in [-0.3, -0.25) is 0 Å². The second-order valence-corrected chi connectivity index (χ2v) is 8.45. The lowest BCUT2D eigenvalue weighted by molar-refractivity contribution is -0.423. The fourth-order valence-corrected chi connectivity index (χ4v) is 3.27. The van der Waals surface area contributed by atoms with E-state index < -0.39 is 49.5 Å². The minimum absolute atomic E-state index is 0.0103. The first kappa shape index (κ1) is 34.4. The first-order valence-corrected chi connectivity index (χ1v) is 12.2. The molecule has 0 saturated heterocycles. The fraction of sp³-hybridized carbons (Fsp3) is 0.462. The number of methoxy groups -OCH3 is 1. The number of alkyl halides is 7. The van der Waals surface area contributed by atoms with Crippen molar-refractivity contribution in [3.63, 3.8) is 0 Å². The molecule has 1 N–H and O–H groups in total. The summed E-state index contributed by atoms with van der Waals surface area (Å²) in [6, 6.07) is 11.7. The zero-order chi connectivity index (χ0) is 31.6. The van der Waals surface area contributed by atoms with Crippen molar-refractivity contribution >= 4 is 12.1 Å². The van der Waals surface area contributed by atoms with Crippen LogP contribution in [0.4, 0.5) is 35.5 Å². The highest BCUT2D eigenvalue weighted by Crippen LogP contribution is 2.46. The van der Waals surface area contributed by atoms with Crippen LogP contribution in [-0.4, -0.2) is 86.4 Å². The number of rotatable bonds is 16. The number of aliphatic carboxylic acids is 1. The average molecular weight is 615 g/mol. The maximum absolute atomic E-state index is 13.5. The number of carbonyl (C=O) groups excluding carboxylic acids is 1. The van der Waals surface area contributed by atoms with Gasteiger partial charge in [0.1, 0.15) is 23.9 Å². The SMILES string of the molecule is CCOC(Cc1ccc(OCCN(CCOC(F)(F)C(F)(F)C(F)(F)F)C(=O)Oc2ccc(OC)cc2)cc1)C(=O)O. The van der Waals surface area contributed by atoms with Gasteiger partial charge in [0.2, 0.25) is 0 Å². The third-order valence-corrected chi connectivity index (χ3v) is 5.51. The smallest absolute Gasteiger partial charge is 0.462 e. The van der Waals surface area contributed by atoms with Crippen molar-refractivity contribution in [1.29, 1.82) is 0 Å². The number of ether oxygens (including phenoxy) is 5. The Bertz CT molecular complexity index is 1140. The summed E-state index contributed by atoms with van der Waals surface area (Å²) in [5.74, 6) is -6.94. The van der Waals surface area contributed by atoms with Gasteiger partial charge in [-0.1, -0.05) is 12.1 Å². The van der Waals surface area contributed by atoms with E-state index in [1.807, 2.05) is 0 Å². The monoisotopic (exact) mass is 615 g/mol. The second kappa shape index (κ2) is 14.9. The van der Waals surface area contributed by atoms with E-state index >= 15 is 0 Å². The summed E-state index contributed by atoms with van der Waals surface area (Å²) in [5.41, 5.74) is 0.613. The van der Waals surface area contributed by atoms with Crippen molar-refractivity contribution < 1.29 is 69.1 Å². The lowest BCUT2D eigenvalue weighted by Crippen LogP contribution is -2.54. The molecule has 0 heterocycles. The topological polar surface area (TPSA) is 104 Å². The standard InChI is InChI=1S/C26H28F7NO8/c1-3-39-21(22(35)36)16-17-4-6-19(7-5-17)40-14-12-34(23(37)42-20-10-8-18(38-2)9-11-20)13-15-41-26(32,33)24(27,28)25(29,30)31/h4-11,21H,3,12-16H2,1-2H3,(H,35,36). The van der Waals surface area contributed by atoms with Crippen molar-refractivity contribution in [2.45, 2.75) is 37.7 Å². The zero-order valence-electron chi connectivity index (χ0n) is 22.3. The molecule has 0 aliphatic rings. The number of carboxylic acids is 1. The van der Waals surface area contributed by atoms with Gasteiger partial charge < -0.3 is 33.7 Å². The molecule has 0 radical (unpaired) electrons. The number of nitrogens with zero attached hydrogens (tertiary/aromatic N) is 1. The molecule has 2 aromatic rings. The van der Waals surface area contributed by atoms with Gasteiger partial charge >= 0.3 is 30.3 Å². The summed E-state index contributed by atoms with van der Waals surface area (Å²) < 4.78 is 115. The van der Waals surface area contributed by atoms with E-state index in [1.165, 1.54) is 43.5 Å².